The first kappa shape index (κ1) is 13.7. The van der Waals surface area contributed by atoms with E-state index < -0.39 is 0 Å². The topological polar surface area (TPSA) is 75.6 Å². The first-order valence-electron chi connectivity index (χ1n) is 6.71. The Kier molecular flexibility index (Phi) is 3.95. The summed E-state index contributed by atoms with van der Waals surface area (Å²) < 4.78 is 0. The molecule has 4 N–H and O–H groups in total. The van der Waals surface area contributed by atoms with E-state index in [1.807, 2.05) is 20.0 Å². The molecule has 5 nitrogen and oxygen atoms in total. The first-order valence-corrected chi connectivity index (χ1v) is 6.71. The molecule has 1 atom stereocenters. The number of hydrogen-bond acceptors (Lipinski definition) is 4. The number of hydrogen-bond donors (Lipinski definition) is 2. The van der Waals surface area contributed by atoms with Crippen LogP contribution in [0.2, 0.25) is 0 Å². The maximum absolute atomic E-state index is 12.6. The fourth-order valence-corrected chi connectivity index (χ4v) is 2.60. The maximum atomic E-state index is 12.6. The van der Waals surface area contributed by atoms with Crippen LogP contribution in [-0.2, 0) is 4.79 Å². The number of likely N-dealkylation sites (tertiary alicyclic amines) is 1. The highest BCUT2D eigenvalue weighted by Crippen LogP contribution is 2.25. The van der Waals surface area contributed by atoms with Gasteiger partial charge in [0.05, 0.1) is 17.4 Å². The van der Waals surface area contributed by atoms with Crippen LogP contribution in [0.25, 0.3) is 0 Å². The number of rotatable bonds is 3. The van der Waals surface area contributed by atoms with Crippen LogP contribution in [-0.4, -0.2) is 37.0 Å². The molecule has 1 aromatic rings. The Hall–Kier alpha value is -1.75. The largest absolute Gasteiger partial charge is 0.397 e. The number of likely N-dealkylation sites (N-methyl/N-ethyl adjacent to an activating group) is 2. The van der Waals surface area contributed by atoms with E-state index in [0.717, 1.165) is 25.1 Å². The molecular weight excluding hydrogens is 240 g/mol. The van der Waals surface area contributed by atoms with Gasteiger partial charge in [-0.2, -0.15) is 0 Å². The van der Waals surface area contributed by atoms with E-state index >= 15 is 0 Å². The molecule has 19 heavy (non-hydrogen) atoms. The van der Waals surface area contributed by atoms with Crippen molar-refractivity contribution < 1.29 is 4.79 Å². The lowest BCUT2D eigenvalue weighted by Crippen LogP contribution is -2.44. The molecule has 0 saturated carbocycles. The van der Waals surface area contributed by atoms with Crippen molar-refractivity contribution in [3.05, 3.63) is 18.2 Å². The summed E-state index contributed by atoms with van der Waals surface area (Å²) in [5, 5.41) is 0. The Morgan fingerprint density at radius 2 is 2.16 bits per heavy atom. The van der Waals surface area contributed by atoms with Gasteiger partial charge in [0, 0.05) is 12.2 Å². The monoisotopic (exact) mass is 262 g/mol. The lowest BCUT2D eigenvalue weighted by atomic mass is 10.1. The quantitative estimate of drug-likeness (QED) is 0.805. The van der Waals surface area contributed by atoms with Gasteiger partial charge in [-0.1, -0.05) is 0 Å². The van der Waals surface area contributed by atoms with Crippen molar-refractivity contribution in [2.75, 3.05) is 36.5 Å². The molecule has 1 amide bonds. The fraction of sp³-hybridized carbons (Fsp3) is 0.500. The van der Waals surface area contributed by atoms with Gasteiger partial charge in [0.25, 0.3) is 0 Å². The second-order valence-corrected chi connectivity index (χ2v) is 5.03. The van der Waals surface area contributed by atoms with Crippen LogP contribution in [0.4, 0.5) is 17.1 Å². The minimum absolute atomic E-state index is 0.0151. The zero-order valence-electron chi connectivity index (χ0n) is 11.6. The third-order valence-electron chi connectivity index (χ3n) is 3.77. The van der Waals surface area contributed by atoms with Gasteiger partial charge < -0.3 is 16.4 Å². The Morgan fingerprint density at radius 3 is 2.68 bits per heavy atom. The second-order valence-electron chi connectivity index (χ2n) is 5.03. The van der Waals surface area contributed by atoms with Crippen molar-refractivity contribution >= 4 is 23.0 Å². The normalized spacial score (nSPS) is 19.6. The summed E-state index contributed by atoms with van der Waals surface area (Å²) in [6.07, 6.45) is 2.00. The van der Waals surface area contributed by atoms with Crippen molar-refractivity contribution in [1.82, 2.24) is 4.90 Å². The smallest absolute Gasteiger partial charge is 0.244 e. The molecule has 0 unspecified atom stereocenters. The summed E-state index contributed by atoms with van der Waals surface area (Å²) in [6, 6.07) is 5.35. The Bertz CT molecular complexity index is 475. The predicted molar refractivity (Wildman–Crippen MR) is 78.9 cm³/mol. The zero-order valence-corrected chi connectivity index (χ0v) is 11.6. The molecule has 1 heterocycles. The molecule has 0 bridgehead atoms. The van der Waals surface area contributed by atoms with E-state index in [1.54, 1.807) is 17.0 Å². The molecule has 1 fully saturated rings. The number of nitrogen functional groups attached to an aromatic ring is 2. The number of nitrogens with zero attached hydrogens (tertiary/aromatic N) is 2. The van der Waals surface area contributed by atoms with Gasteiger partial charge in [0.15, 0.2) is 0 Å². The number of benzene rings is 1. The molecule has 1 aliphatic rings. The van der Waals surface area contributed by atoms with Gasteiger partial charge in [0.2, 0.25) is 5.91 Å². The average molecular weight is 262 g/mol. The van der Waals surface area contributed by atoms with Crippen molar-refractivity contribution in [1.29, 1.82) is 0 Å². The first-order chi connectivity index (χ1) is 9.04. The molecule has 0 radical (unpaired) electrons. The van der Waals surface area contributed by atoms with Gasteiger partial charge in [0.1, 0.15) is 0 Å². The summed E-state index contributed by atoms with van der Waals surface area (Å²) in [4.78, 5) is 16.5. The molecule has 104 valence electrons. The molecule has 0 aromatic heterocycles. The summed E-state index contributed by atoms with van der Waals surface area (Å²) in [7, 11) is 2.00. The summed E-state index contributed by atoms with van der Waals surface area (Å²) in [6.45, 7) is 3.59. The van der Waals surface area contributed by atoms with E-state index in [-0.39, 0.29) is 11.9 Å². The van der Waals surface area contributed by atoms with Gasteiger partial charge in [-0.05, 0) is 51.6 Å². The van der Waals surface area contributed by atoms with E-state index in [0.29, 0.717) is 17.9 Å². The van der Waals surface area contributed by atoms with Crippen LogP contribution in [0.5, 0.6) is 0 Å². The van der Waals surface area contributed by atoms with Crippen LogP contribution >= 0.6 is 0 Å². The zero-order chi connectivity index (χ0) is 14.0. The highest BCUT2D eigenvalue weighted by atomic mass is 16.2. The van der Waals surface area contributed by atoms with Gasteiger partial charge >= 0.3 is 0 Å². The van der Waals surface area contributed by atoms with Crippen LogP contribution in [0, 0.1) is 0 Å². The molecule has 2 rings (SSSR count). The average Bonchev–Trinajstić information content (AvgIpc) is 2.80. The molecule has 5 heteroatoms. The van der Waals surface area contributed by atoms with E-state index in [2.05, 4.69) is 4.90 Å². The molecule has 1 aromatic carbocycles. The molecular formula is C14H22N4O. The summed E-state index contributed by atoms with van der Waals surface area (Å²) in [5.41, 5.74) is 13.4. The van der Waals surface area contributed by atoms with E-state index in [1.165, 1.54) is 0 Å². The number of carbonyl (C=O) groups excluding carboxylic acids is 1. The third kappa shape index (κ3) is 2.66. The van der Waals surface area contributed by atoms with Crippen LogP contribution in [0.3, 0.4) is 0 Å². The number of carbonyl (C=O) groups is 1. The van der Waals surface area contributed by atoms with Crippen LogP contribution < -0.4 is 16.4 Å². The second kappa shape index (κ2) is 5.48. The molecule has 0 aliphatic carbocycles. The van der Waals surface area contributed by atoms with Crippen molar-refractivity contribution in [3.63, 3.8) is 0 Å². The van der Waals surface area contributed by atoms with Crippen LogP contribution in [0.15, 0.2) is 18.2 Å². The van der Waals surface area contributed by atoms with Crippen molar-refractivity contribution in [3.8, 4) is 0 Å². The lowest BCUT2D eigenvalue weighted by molar-refractivity contribution is -0.122. The fourth-order valence-electron chi connectivity index (χ4n) is 2.60. The molecule has 1 saturated heterocycles. The van der Waals surface area contributed by atoms with Crippen molar-refractivity contribution in [2.45, 2.75) is 25.8 Å². The van der Waals surface area contributed by atoms with Gasteiger partial charge in [-0.15, -0.1) is 0 Å². The highest BCUT2D eigenvalue weighted by molar-refractivity contribution is 5.98. The minimum atomic E-state index is -0.0151. The van der Waals surface area contributed by atoms with Crippen molar-refractivity contribution in [2.24, 2.45) is 0 Å². The number of amides is 1. The van der Waals surface area contributed by atoms with E-state index in [4.69, 9.17) is 11.5 Å². The third-order valence-corrected chi connectivity index (χ3v) is 3.77. The molecule has 0 spiro atoms. The number of nitrogens with two attached hydrogens (primary N) is 2. The maximum Gasteiger partial charge on any atom is 0.244 e. The number of anilines is 3. The minimum Gasteiger partial charge on any atom is -0.397 e. The van der Waals surface area contributed by atoms with Gasteiger partial charge in [-0.25, -0.2) is 0 Å². The SMILES string of the molecule is CCN(C(=O)[C@@H]1CCCN1C)c1ccc(N)c(N)c1. The predicted octanol–water partition coefficient (Wildman–Crippen LogP) is 1.30. The summed E-state index contributed by atoms with van der Waals surface area (Å²) >= 11 is 0. The van der Waals surface area contributed by atoms with Gasteiger partial charge in [-0.3, -0.25) is 9.69 Å². The Balaban J connectivity index is 2.23. The standard InChI is InChI=1S/C14H22N4O/c1-3-18(10-6-7-11(15)12(16)9-10)14(19)13-5-4-8-17(13)2/h6-7,9,13H,3-5,8,15-16H2,1-2H3/t13-/m0/s1. The Morgan fingerprint density at radius 1 is 1.42 bits per heavy atom. The highest BCUT2D eigenvalue weighted by Gasteiger charge is 2.31. The molecule has 1 aliphatic heterocycles. The Labute approximate surface area is 114 Å². The van der Waals surface area contributed by atoms with Crippen LogP contribution in [0.1, 0.15) is 19.8 Å². The summed E-state index contributed by atoms with van der Waals surface area (Å²) in [5.74, 6) is 0.145. The lowest BCUT2D eigenvalue weighted by Gasteiger charge is -2.28. The van der Waals surface area contributed by atoms with E-state index in [9.17, 15) is 4.79 Å².